The molecule has 0 saturated carbocycles. The average molecular weight is 315 g/mol. The lowest BCUT2D eigenvalue weighted by molar-refractivity contribution is 0.100. The van der Waals surface area contributed by atoms with E-state index >= 15 is 0 Å². The van der Waals surface area contributed by atoms with Crippen molar-refractivity contribution in [3.8, 4) is 0 Å². The van der Waals surface area contributed by atoms with E-state index in [-0.39, 0.29) is 22.4 Å². The van der Waals surface area contributed by atoms with E-state index in [0.29, 0.717) is 0 Å². The van der Waals surface area contributed by atoms with E-state index in [0.717, 1.165) is 25.9 Å². The van der Waals surface area contributed by atoms with Crippen LogP contribution in [0, 0.1) is 0 Å². The van der Waals surface area contributed by atoms with Crippen LogP contribution in [0.4, 0.5) is 5.82 Å². The number of imidazole rings is 1. The average Bonchev–Trinajstić information content (AvgIpc) is 2.68. The number of piperidine rings is 1. The maximum atomic E-state index is 12.4. The Bertz CT molecular complexity index is 575. The zero-order chi connectivity index (χ0) is 15.8. The number of nitrogens with two attached hydrogens (primary N) is 1. The Morgan fingerprint density at radius 1 is 1.33 bits per heavy atom. The number of hydrogen-bond donors (Lipinski definition) is 2. The van der Waals surface area contributed by atoms with Crippen LogP contribution in [0.25, 0.3) is 0 Å². The molecule has 0 atom stereocenters. The summed E-state index contributed by atoms with van der Waals surface area (Å²) in [5.41, 5.74) is 5.77. The lowest BCUT2D eigenvalue weighted by atomic mass is 9.99. The van der Waals surface area contributed by atoms with Gasteiger partial charge in [-0.2, -0.15) is 0 Å². The summed E-state index contributed by atoms with van der Waals surface area (Å²) in [6.45, 7) is 8.30. The van der Waals surface area contributed by atoms with Crippen molar-refractivity contribution in [3.05, 3.63) is 6.33 Å². The van der Waals surface area contributed by atoms with E-state index in [1.54, 1.807) is 7.05 Å². The standard InChI is InChI=1S/C13H25N5O2S/c1-13(2,3)18-7-5-10(6-8-18)16-21(19,20)12-11(14)15-9-17(12)4/h9-10,16H,5-8,14H2,1-4H3. The van der Waals surface area contributed by atoms with Crippen LogP contribution in [0.1, 0.15) is 33.6 Å². The molecule has 1 saturated heterocycles. The molecule has 1 fully saturated rings. The van der Waals surface area contributed by atoms with Gasteiger partial charge in [0.05, 0.1) is 6.33 Å². The third kappa shape index (κ3) is 3.56. The van der Waals surface area contributed by atoms with Crippen molar-refractivity contribution in [3.63, 3.8) is 0 Å². The molecule has 1 aromatic heterocycles. The van der Waals surface area contributed by atoms with Crippen molar-refractivity contribution in [2.45, 2.75) is 50.2 Å². The van der Waals surface area contributed by atoms with Crippen LogP contribution in [0.5, 0.6) is 0 Å². The number of aromatic nitrogens is 2. The van der Waals surface area contributed by atoms with Gasteiger partial charge in [0, 0.05) is 31.7 Å². The minimum Gasteiger partial charge on any atom is -0.381 e. The van der Waals surface area contributed by atoms with Gasteiger partial charge < -0.3 is 10.3 Å². The molecule has 3 N–H and O–H groups in total. The summed E-state index contributed by atoms with van der Waals surface area (Å²) >= 11 is 0. The highest BCUT2D eigenvalue weighted by Gasteiger charge is 2.31. The molecule has 0 aromatic carbocycles. The molecule has 120 valence electrons. The highest BCUT2D eigenvalue weighted by molar-refractivity contribution is 7.89. The minimum absolute atomic E-state index is 0.0390. The number of hydrogen-bond acceptors (Lipinski definition) is 5. The molecule has 0 aliphatic carbocycles. The van der Waals surface area contributed by atoms with Crippen molar-refractivity contribution in [1.82, 2.24) is 19.2 Å². The van der Waals surface area contributed by atoms with Gasteiger partial charge >= 0.3 is 0 Å². The van der Waals surface area contributed by atoms with Crippen LogP contribution in [0.3, 0.4) is 0 Å². The number of likely N-dealkylation sites (tertiary alicyclic amines) is 1. The predicted octanol–water partition coefficient (Wildman–Crippen LogP) is 0.544. The first-order valence-electron chi connectivity index (χ1n) is 7.15. The topological polar surface area (TPSA) is 93.2 Å². The molecule has 1 aliphatic heterocycles. The fourth-order valence-electron chi connectivity index (χ4n) is 2.71. The Balaban J connectivity index is 2.04. The maximum Gasteiger partial charge on any atom is 0.260 e. The van der Waals surface area contributed by atoms with Gasteiger partial charge in [-0.15, -0.1) is 0 Å². The second kappa shape index (κ2) is 5.58. The molecule has 1 aliphatic rings. The molecule has 0 radical (unpaired) electrons. The number of sulfonamides is 1. The normalized spacial score (nSPS) is 19.0. The fraction of sp³-hybridized carbons (Fsp3) is 0.769. The van der Waals surface area contributed by atoms with Gasteiger partial charge in [-0.05, 0) is 33.6 Å². The summed E-state index contributed by atoms with van der Waals surface area (Å²) in [4.78, 5) is 6.20. The van der Waals surface area contributed by atoms with E-state index in [1.807, 2.05) is 0 Å². The molecule has 7 nitrogen and oxygen atoms in total. The molecule has 21 heavy (non-hydrogen) atoms. The van der Waals surface area contributed by atoms with Crippen LogP contribution in [-0.4, -0.2) is 47.5 Å². The molecule has 1 aromatic rings. The molecule has 0 unspecified atom stereocenters. The SMILES string of the molecule is Cn1cnc(N)c1S(=O)(=O)NC1CCN(C(C)(C)C)CC1. The number of nitrogens with one attached hydrogen (secondary N) is 1. The quantitative estimate of drug-likeness (QED) is 0.849. The second-order valence-corrected chi connectivity index (χ2v) is 8.23. The van der Waals surface area contributed by atoms with Gasteiger partial charge in [0.1, 0.15) is 0 Å². The van der Waals surface area contributed by atoms with Crippen LogP contribution < -0.4 is 10.5 Å². The van der Waals surface area contributed by atoms with Gasteiger partial charge in [-0.25, -0.2) is 18.1 Å². The Morgan fingerprint density at radius 2 is 1.90 bits per heavy atom. The van der Waals surface area contributed by atoms with Gasteiger partial charge in [-0.1, -0.05) is 0 Å². The van der Waals surface area contributed by atoms with Gasteiger partial charge in [0.15, 0.2) is 10.8 Å². The first-order valence-corrected chi connectivity index (χ1v) is 8.64. The lowest BCUT2D eigenvalue weighted by Crippen LogP contribution is -2.50. The zero-order valence-corrected chi connectivity index (χ0v) is 13.9. The van der Waals surface area contributed by atoms with E-state index in [1.165, 1.54) is 10.9 Å². The number of aryl methyl sites for hydroxylation is 1. The largest absolute Gasteiger partial charge is 0.381 e. The first-order chi connectivity index (χ1) is 9.61. The lowest BCUT2D eigenvalue weighted by Gasteiger charge is -2.40. The van der Waals surface area contributed by atoms with E-state index in [2.05, 4.69) is 35.4 Å². The summed E-state index contributed by atoms with van der Waals surface area (Å²) < 4.78 is 29.0. The Morgan fingerprint density at radius 3 is 2.33 bits per heavy atom. The highest BCUT2D eigenvalue weighted by Crippen LogP contribution is 2.22. The fourth-order valence-corrected chi connectivity index (χ4v) is 4.25. The summed E-state index contributed by atoms with van der Waals surface area (Å²) in [7, 11) is -2.00. The third-order valence-electron chi connectivity index (χ3n) is 3.93. The van der Waals surface area contributed by atoms with E-state index < -0.39 is 10.0 Å². The van der Waals surface area contributed by atoms with Crippen molar-refractivity contribution in [2.24, 2.45) is 7.05 Å². The van der Waals surface area contributed by atoms with Crippen molar-refractivity contribution in [2.75, 3.05) is 18.8 Å². The number of nitrogen functional groups attached to an aromatic ring is 1. The minimum atomic E-state index is -3.62. The Kier molecular flexibility index (Phi) is 4.32. The Hall–Kier alpha value is -1.12. The monoisotopic (exact) mass is 315 g/mol. The number of rotatable bonds is 3. The van der Waals surface area contributed by atoms with Crippen LogP contribution >= 0.6 is 0 Å². The summed E-state index contributed by atoms with van der Waals surface area (Å²) in [5, 5.41) is 0.0424. The molecule has 0 amide bonds. The number of anilines is 1. The predicted molar refractivity (Wildman–Crippen MR) is 82.3 cm³/mol. The molecule has 0 bridgehead atoms. The molecular weight excluding hydrogens is 290 g/mol. The van der Waals surface area contributed by atoms with Gasteiger partial charge in [0.25, 0.3) is 10.0 Å². The molecule has 2 rings (SSSR count). The number of nitrogens with zero attached hydrogens (tertiary/aromatic N) is 3. The molecule has 8 heteroatoms. The second-order valence-electron chi connectivity index (χ2n) is 6.60. The highest BCUT2D eigenvalue weighted by atomic mass is 32.2. The summed E-state index contributed by atoms with van der Waals surface area (Å²) in [6.07, 6.45) is 3.01. The van der Waals surface area contributed by atoms with Crippen molar-refractivity contribution in [1.29, 1.82) is 0 Å². The molecule has 0 spiro atoms. The summed E-state index contributed by atoms with van der Waals surface area (Å²) in [5.74, 6) is 0.0390. The van der Waals surface area contributed by atoms with Crippen LogP contribution in [0.2, 0.25) is 0 Å². The molecule has 2 heterocycles. The molecular formula is C13H25N5O2S. The summed E-state index contributed by atoms with van der Waals surface area (Å²) in [6, 6.07) is -0.0529. The van der Waals surface area contributed by atoms with E-state index in [9.17, 15) is 8.42 Å². The van der Waals surface area contributed by atoms with Crippen molar-refractivity contribution >= 4 is 15.8 Å². The smallest absolute Gasteiger partial charge is 0.260 e. The van der Waals surface area contributed by atoms with E-state index in [4.69, 9.17) is 5.73 Å². The maximum absolute atomic E-state index is 12.4. The zero-order valence-electron chi connectivity index (χ0n) is 13.1. The van der Waals surface area contributed by atoms with Crippen molar-refractivity contribution < 1.29 is 8.42 Å². The Labute approximate surface area is 126 Å². The van der Waals surface area contributed by atoms with Crippen LogP contribution in [0.15, 0.2) is 11.4 Å². The van der Waals surface area contributed by atoms with Gasteiger partial charge in [0.2, 0.25) is 0 Å². The third-order valence-corrected chi connectivity index (χ3v) is 5.58. The van der Waals surface area contributed by atoms with Gasteiger partial charge in [-0.3, -0.25) is 4.90 Å². The van der Waals surface area contributed by atoms with Crippen LogP contribution in [-0.2, 0) is 17.1 Å². The first kappa shape index (κ1) is 16.3.